The van der Waals surface area contributed by atoms with E-state index >= 15 is 0 Å². The third-order valence-corrected chi connectivity index (χ3v) is 5.83. The molecule has 9 nitrogen and oxygen atoms in total. The van der Waals surface area contributed by atoms with Crippen molar-refractivity contribution in [2.75, 3.05) is 28.4 Å². The van der Waals surface area contributed by atoms with Crippen LogP contribution in [-0.2, 0) is 31.3 Å². The first-order valence-corrected chi connectivity index (χ1v) is 11.9. The molecule has 0 N–H and O–H groups in total. The molecule has 0 aliphatic carbocycles. The third-order valence-electron chi connectivity index (χ3n) is 4.77. The van der Waals surface area contributed by atoms with Crippen molar-refractivity contribution in [1.82, 2.24) is 0 Å². The van der Waals surface area contributed by atoms with Crippen LogP contribution >= 0.6 is 0 Å². The summed E-state index contributed by atoms with van der Waals surface area (Å²) in [6.45, 7) is 4.06. The van der Waals surface area contributed by atoms with E-state index in [2.05, 4.69) is 0 Å². The second-order valence-corrected chi connectivity index (χ2v) is 9.07. The fraction of sp³-hybridized carbons (Fsp3) is 0.360. The molecule has 0 aliphatic heterocycles. The van der Waals surface area contributed by atoms with E-state index < -0.39 is 28.7 Å². The summed E-state index contributed by atoms with van der Waals surface area (Å²) in [5.74, 6) is 0.743. The summed E-state index contributed by atoms with van der Waals surface area (Å²) in [6.07, 6.45) is 1.65. The van der Waals surface area contributed by atoms with Gasteiger partial charge in [0, 0.05) is 30.7 Å². The highest BCUT2D eigenvalue weighted by Crippen LogP contribution is 2.35. The van der Waals surface area contributed by atoms with Gasteiger partial charge < -0.3 is 33.0 Å². The molecule has 35 heavy (non-hydrogen) atoms. The zero-order valence-electron chi connectivity index (χ0n) is 20.8. The molecule has 2 rings (SSSR count). The van der Waals surface area contributed by atoms with E-state index in [0.717, 1.165) is 0 Å². The van der Waals surface area contributed by atoms with Crippen LogP contribution < -0.4 is 23.7 Å². The van der Waals surface area contributed by atoms with Gasteiger partial charge in [0.15, 0.2) is 11.5 Å². The van der Waals surface area contributed by atoms with Gasteiger partial charge in [-0.1, -0.05) is 6.07 Å². The molecule has 1 unspecified atom stereocenters. The molecule has 0 saturated heterocycles. The lowest BCUT2D eigenvalue weighted by Gasteiger charge is -2.22. The molecule has 0 fully saturated rings. The predicted molar refractivity (Wildman–Crippen MR) is 131 cm³/mol. The van der Waals surface area contributed by atoms with E-state index in [4.69, 9.17) is 28.4 Å². The van der Waals surface area contributed by atoms with Gasteiger partial charge in [0.05, 0.1) is 34.0 Å². The van der Waals surface area contributed by atoms with Crippen LogP contribution in [0.5, 0.6) is 28.7 Å². The van der Waals surface area contributed by atoms with Crippen molar-refractivity contribution >= 4 is 29.2 Å². The molecular formula is C25H30O9S. The number of esters is 2. The molecule has 0 radical (unpaired) electrons. The van der Waals surface area contributed by atoms with Gasteiger partial charge in [0.25, 0.3) is 0 Å². The fourth-order valence-electron chi connectivity index (χ4n) is 3.07. The molecule has 0 bridgehead atoms. The first-order valence-electron chi connectivity index (χ1n) is 10.5. The Balaban J connectivity index is 2.23. The highest BCUT2D eigenvalue weighted by atomic mass is 32.2. The maximum Gasteiger partial charge on any atom is 0.355 e. The summed E-state index contributed by atoms with van der Waals surface area (Å²) < 4.78 is 44.6. The van der Waals surface area contributed by atoms with Crippen LogP contribution in [-0.4, -0.2) is 50.5 Å². The first kappa shape index (κ1) is 27.9. The number of hydrogen-bond donors (Lipinski definition) is 0. The molecule has 2 aromatic rings. The highest BCUT2D eigenvalue weighted by molar-refractivity contribution is 7.93. The lowest BCUT2D eigenvalue weighted by atomic mass is 10.1. The van der Waals surface area contributed by atoms with Gasteiger partial charge in [0.2, 0.25) is 5.60 Å². The van der Waals surface area contributed by atoms with Gasteiger partial charge in [-0.05, 0) is 37.2 Å². The van der Waals surface area contributed by atoms with Crippen molar-refractivity contribution in [3.05, 3.63) is 46.9 Å². The number of benzene rings is 2. The van der Waals surface area contributed by atoms with E-state index in [9.17, 15) is 14.1 Å². The smallest absolute Gasteiger partial charge is 0.355 e. The van der Waals surface area contributed by atoms with Gasteiger partial charge in [-0.15, -0.1) is 0 Å². The fourth-order valence-corrected chi connectivity index (χ4v) is 3.96. The minimum atomic E-state index is -1.49. The molecule has 190 valence electrons. The Morgan fingerprint density at radius 3 is 2.03 bits per heavy atom. The van der Waals surface area contributed by atoms with Gasteiger partial charge >= 0.3 is 11.9 Å². The minimum absolute atomic E-state index is 0.120. The van der Waals surface area contributed by atoms with Crippen LogP contribution in [0.3, 0.4) is 0 Å². The van der Waals surface area contributed by atoms with Crippen LogP contribution in [0, 0.1) is 0 Å². The average molecular weight is 507 g/mol. The number of hydrogen-bond acceptors (Lipinski definition) is 9. The molecule has 10 heteroatoms. The Morgan fingerprint density at radius 1 is 0.914 bits per heavy atom. The summed E-state index contributed by atoms with van der Waals surface area (Å²) in [5, 5.41) is 1.52. The summed E-state index contributed by atoms with van der Waals surface area (Å²) in [6, 6.07) is 8.28. The first-order chi connectivity index (χ1) is 16.5. The van der Waals surface area contributed by atoms with Crippen molar-refractivity contribution in [2.45, 2.75) is 32.1 Å². The maximum absolute atomic E-state index is 12.8. The normalized spacial score (nSPS) is 12.1. The second kappa shape index (κ2) is 12.4. The van der Waals surface area contributed by atoms with E-state index in [1.54, 1.807) is 36.4 Å². The van der Waals surface area contributed by atoms with E-state index in [1.165, 1.54) is 54.6 Å². The third kappa shape index (κ3) is 7.56. The van der Waals surface area contributed by atoms with E-state index in [1.807, 2.05) is 0 Å². The Labute approximate surface area is 208 Å². The molecule has 0 aliphatic rings. The van der Waals surface area contributed by atoms with Crippen molar-refractivity contribution in [1.29, 1.82) is 0 Å². The molecule has 0 aromatic heterocycles. The quantitative estimate of drug-likeness (QED) is 0.254. The maximum atomic E-state index is 12.8. The Morgan fingerprint density at radius 2 is 1.51 bits per heavy atom. The summed E-state index contributed by atoms with van der Waals surface area (Å²) >= 11 is -1.43. The van der Waals surface area contributed by atoms with Crippen LogP contribution in [0.2, 0.25) is 0 Å². The summed E-state index contributed by atoms with van der Waals surface area (Å²) in [5.41, 5.74) is -0.244. The Kier molecular flexibility index (Phi) is 9.85. The zero-order valence-corrected chi connectivity index (χ0v) is 21.6. The standard InChI is InChI=1S/C25H30O9S/c1-16(26)34-25(2,3)24(27)33-23-12-17(8-9-20(23)30-5)15-35(28)11-10-19-21(31-6)13-18(29-4)14-22(19)32-7/h8-14H,15H2,1-7H3/b11-10+. The van der Waals surface area contributed by atoms with Crippen LogP contribution in [0.4, 0.5) is 0 Å². The van der Waals surface area contributed by atoms with E-state index in [-0.39, 0.29) is 11.5 Å². The lowest BCUT2D eigenvalue weighted by Crippen LogP contribution is -2.40. The summed E-state index contributed by atoms with van der Waals surface area (Å²) in [7, 11) is 6.01. The van der Waals surface area contributed by atoms with Crippen molar-refractivity contribution < 1.29 is 42.6 Å². The summed E-state index contributed by atoms with van der Waals surface area (Å²) in [4.78, 5) is 23.8. The van der Waals surface area contributed by atoms with Gasteiger partial charge in [-0.2, -0.15) is 0 Å². The SMILES string of the molecule is COc1cc(OC)c(/C=C/[S+]([O-])Cc2ccc(OC)c(OC(=O)C(C)(C)OC(C)=O)c2)c(OC)c1. The number of rotatable bonds is 11. The van der Waals surface area contributed by atoms with Gasteiger partial charge in [-0.3, -0.25) is 4.79 Å². The number of ether oxygens (including phenoxy) is 6. The molecule has 0 amide bonds. The van der Waals surface area contributed by atoms with Crippen molar-refractivity contribution in [3.8, 4) is 28.7 Å². The van der Waals surface area contributed by atoms with Crippen molar-refractivity contribution in [3.63, 3.8) is 0 Å². The van der Waals surface area contributed by atoms with Crippen LogP contribution in [0.25, 0.3) is 6.08 Å². The molecule has 0 heterocycles. The number of methoxy groups -OCH3 is 4. The molecule has 0 saturated carbocycles. The topological polar surface area (TPSA) is 113 Å². The monoisotopic (exact) mass is 506 g/mol. The van der Waals surface area contributed by atoms with Crippen LogP contribution in [0.15, 0.2) is 35.7 Å². The average Bonchev–Trinajstić information content (AvgIpc) is 2.81. The highest BCUT2D eigenvalue weighted by Gasteiger charge is 2.34. The van der Waals surface area contributed by atoms with Gasteiger partial charge in [-0.25, -0.2) is 4.79 Å². The molecule has 0 spiro atoms. The Hall–Kier alpha value is -3.37. The lowest BCUT2D eigenvalue weighted by molar-refractivity contribution is -0.170. The molecular weight excluding hydrogens is 476 g/mol. The van der Waals surface area contributed by atoms with Gasteiger partial charge in [0.1, 0.15) is 28.4 Å². The number of carbonyl (C=O) groups is 2. The zero-order chi connectivity index (χ0) is 26.2. The minimum Gasteiger partial charge on any atom is -0.612 e. The van der Waals surface area contributed by atoms with E-state index in [0.29, 0.717) is 34.1 Å². The Bertz CT molecular complexity index is 1050. The molecule has 2 aromatic carbocycles. The van der Waals surface area contributed by atoms with Crippen molar-refractivity contribution in [2.24, 2.45) is 0 Å². The van der Waals surface area contributed by atoms with Crippen LogP contribution in [0.1, 0.15) is 31.9 Å². The second-order valence-electron chi connectivity index (χ2n) is 7.75. The largest absolute Gasteiger partial charge is 0.612 e. The molecule has 1 atom stereocenters. The number of carbonyl (C=O) groups excluding carboxylic acids is 2. The predicted octanol–water partition coefficient (Wildman–Crippen LogP) is 3.89.